The van der Waals surface area contributed by atoms with Crippen LogP contribution in [0.5, 0.6) is 0 Å². The summed E-state index contributed by atoms with van der Waals surface area (Å²) in [6.07, 6.45) is 2.53. The van der Waals surface area contributed by atoms with Crippen LogP contribution in [0.2, 0.25) is 0 Å². The number of rotatable bonds is 6. The average molecular weight is 227 g/mol. The predicted octanol–water partition coefficient (Wildman–Crippen LogP) is 1.31. The first-order valence-corrected chi connectivity index (χ1v) is 6.70. The summed E-state index contributed by atoms with van der Waals surface area (Å²) in [7, 11) is 2.10. The van der Waals surface area contributed by atoms with E-state index in [1.54, 1.807) is 0 Å². The second-order valence-electron chi connectivity index (χ2n) is 5.64. The van der Waals surface area contributed by atoms with Crippen LogP contribution in [0.4, 0.5) is 0 Å². The quantitative estimate of drug-likeness (QED) is 0.716. The Morgan fingerprint density at radius 1 is 1.31 bits per heavy atom. The highest BCUT2D eigenvalue weighted by atomic mass is 15.2. The van der Waals surface area contributed by atoms with Gasteiger partial charge in [-0.15, -0.1) is 0 Å². The van der Waals surface area contributed by atoms with Gasteiger partial charge >= 0.3 is 0 Å². The molecule has 0 amide bonds. The summed E-state index contributed by atoms with van der Waals surface area (Å²) in [5.74, 6) is 0. The fraction of sp³-hybridized carbons (Fsp3) is 1.00. The van der Waals surface area contributed by atoms with E-state index < -0.39 is 0 Å². The lowest BCUT2D eigenvalue weighted by molar-refractivity contribution is 0.124. The molecule has 1 atom stereocenters. The molecule has 0 spiro atoms. The lowest BCUT2D eigenvalue weighted by Gasteiger charge is -2.40. The third-order valence-corrected chi connectivity index (χ3v) is 3.71. The monoisotopic (exact) mass is 227 g/mol. The van der Waals surface area contributed by atoms with Gasteiger partial charge in [-0.1, -0.05) is 27.2 Å². The molecule has 1 rings (SSSR count). The van der Waals surface area contributed by atoms with Crippen molar-refractivity contribution < 1.29 is 0 Å². The van der Waals surface area contributed by atoms with Crippen molar-refractivity contribution in [3.63, 3.8) is 0 Å². The minimum atomic E-state index is 0.363. The van der Waals surface area contributed by atoms with E-state index in [2.05, 4.69) is 43.4 Å². The Morgan fingerprint density at radius 2 is 1.94 bits per heavy atom. The molecule has 96 valence electrons. The van der Waals surface area contributed by atoms with Gasteiger partial charge in [0.05, 0.1) is 0 Å². The van der Waals surface area contributed by atoms with E-state index in [0.717, 1.165) is 13.1 Å². The van der Waals surface area contributed by atoms with E-state index in [1.807, 2.05) is 0 Å². The lowest BCUT2D eigenvalue weighted by Crippen LogP contribution is -2.51. The fourth-order valence-corrected chi connectivity index (χ4v) is 2.77. The van der Waals surface area contributed by atoms with Crippen molar-refractivity contribution in [2.75, 3.05) is 39.8 Å². The molecule has 2 N–H and O–H groups in total. The first-order chi connectivity index (χ1) is 7.60. The fourth-order valence-electron chi connectivity index (χ4n) is 2.77. The van der Waals surface area contributed by atoms with Crippen LogP contribution in [0, 0.1) is 5.41 Å². The third-order valence-electron chi connectivity index (χ3n) is 3.71. The maximum atomic E-state index is 3.49. The van der Waals surface area contributed by atoms with E-state index in [0.29, 0.717) is 11.5 Å². The zero-order chi connectivity index (χ0) is 12.0. The van der Waals surface area contributed by atoms with Crippen molar-refractivity contribution >= 4 is 0 Å². The number of piperazine rings is 1. The minimum absolute atomic E-state index is 0.363. The molecule has 1 fully saturated rings. The summed E-state index contributed by atoms with van der Waals surface area (Å²) >= 11 is 0. The summed E-state index contributed by atoms with van der Waals surface area (Å²) < 4.78 is 0. The van der Waals surface area contributed by atoms with Gasteiger partial charge in [0, 0.05) is 38.8 Å². The summed E-state index contributed by atoms with van der Waals surface area (Å²) in [4.78, 5) is 2.59. The maximum absolute atomic E-state index is 3.49. The van der Waals surface area contributed by atoms with Crippen molar-refractivity contribution in [2.45, 2.75) is 39.7 Å². The summed E-state index contributed by atoms with van der Waals surface area (Å²) in [6.45, 7) is 13.0. The maximum Gasteiger partial charge on any atom is 0.0127 e. The molecule has 0 saturated carbocycles. The van der Waals surface area contributed by atoms with Gasteiger partial charge in [0.25, 0.3) is 0 Å². The number of hydrogen-bond acceptors (Lipinski definition) is 3. The van der Waals surface area contributed by atoms with E-state index in [4.69, 9.17) is 0 Å². The smallest absolute Gasteiger partial charge is 0.0127 e. The average Bonchev–Trinajstić information content (AvgIpc) is 2.26. The molecule has 1 unspecified atom stereocenters. The number of hydrogen-bond donors (Lipinski definition) is 2. The molecule has 1 aliphatic heterocycles. The molecule has 3 nitrogen and oxygen atoms in total. The molecule has 0 aromatic heterocycles. The molecule has 1 heterocycles. The Balaban J connectivity index is 2.46. The van der Waals surface area contributed by atoms with Crippen LogP contribution in [0.3, 0.4) is 0 Å². The van der Waals surface area contributed by atoms with Gasteiger partial charge in [-0.05, 0) is 18.9 Å². The standard InChI is InChI=1S/C13H29N3/c1-5-6-12(14-4)13(2,3)11-16-9-7-15-8-10-16/h12,14-15H,5-11H2,1-4H3. The normalized spacial score (nSPS) is 21.0. The molecule has 0 bridgehead atoms. The van der Waals surface area contributed by atoms with Crippen molar-refractivity contribution in [3.8, 4) is 0 Å². The van der Waals surface area contributed by atoms with Crippen LogP contribution in [0.15, 0.2) is 0 Å². The Hall–Kier alpha value is -0.120. The zero-order valence-electron chi connectivity index (χ0n) is 11.5. The molecule has 16 heavy (non-hydrogen) atoms. The minimum Gasteiger partial charge on any atom is -0.316 e. The van der Waals surface area contributed by atoms with Crippen LogP contribution in [0.25, 0.3) is 0 Å². The van der Waals surface area contributed by atoms with Crippen LogP contribution >= 0.6 is 0 Å². The van der Waals surface area contributed by atoms with E-state index in [1.165, 1.54) is 32.5 Å². The highest BCUT2D eigenvalue weighted by molar-refractivity contribution is 4.86. The first-order valence-electron chi connectivity index (χ1n) is 6.70. The van der Waals surface area contributed by atoms with E-state index >= 15 is 0 Å². The van der Waals surface area contributed by atoms with Crippen molar-refractivity contribution in [2.24, 2.45) is 5.41 Å². The molecule has 1 aliphatic rings. The number of nitrogens with zero attached hydrogens (tertiary/aromatic N) is 1. The van der Waals surface area contributed by atoms with E-state index in [-0.39, 0.29) is 0 Å². The van der Waals surface area contributed by atoms with Crippen molar-refractivity contribution in [1.29, 1.82) is 0 Å². The second-order valence-corrected chi connectivity index (χ2v) is 5.64. The predicted molar refractivity (Wildman–Crippen MR) is 70.8 cm³/mol. The Bertz CT molecular complexity index is 186. The first kappa shape index (κ1) is 13.9. The van der Waals surface area contributed by atoms with Gasteiger partial charge in [-0.25, -0.2) is 0 Å². The SMILES string of the molecule is CCCC(NC)C(C)(C)CN1CCNCC1. The van der Waals surface area contributed by atoms with Crippen molar-refractivity contribution in [1.82, 2.24) is 15.5 Å². The molecule has 0 aromatic carbocycles. The van der Waals surface area contributed by atoms with Gasteiger partial charge in [-0.3, -0.25) is 0 Å². The Morgan fingerprint density at radius 3 is 2.44 bits per heavy atom. The van der Waals surface area contributed by atoms with Crippen LogP contribution in [0.1, 0.15) is 33.6 Å². The zero-order valence-corrected chi connectivity index (χ0v) is 11.5. The van der Waals surface area contributed by atoms with Gasteiger partial charge in [0.15, 0.2) is 0 Å². The number of nitrogens with one attached hydrogen (secondary N) is 2. The van der Waals surface area contributed by atoms with Crippen LogP contribution in [-0.2, 0) is 0 Å². The van der Waals surface area contributed by atoms with Gasteiger partial charge < -0.3 is 15.5 Å². The van der Waals surface area contributed by atoms with Crippen LogP contribution in [-0.4, -0.2) is 50.7 Å². The molecular formula is C13H29N3. The highest BCUT2D eigenvalue weighted by Crippen LogP contribution is 2.25. The third kappa shape index (κ3) is 4.04. The topological polar surface area (TPSA) is 27.3 Å². The van der Waals surface area contributed by atoms with Crippen LogP contribution < -0.4 is 10.6 Å². The Kier molecular flexibility index (Phi) is 5.73. The molecule has 0 radical (unpaired) electrons. The van der Waals surface area contributed by atoms with Gasteiger partial charge in [0.2, 0.25) is 0 Å². The van der Waals surface area contributed by atoms with Crippen molar-refractivity contribution in [3.05, 3.63) is 0 Å². The van der Waals surface area contributed by atoms with E-state index in [9.17, 15) is 0 Å². The molecule has 1 saturated heterocycles. The largest absolute Gasteiger partial charge is 0.316 e. The molecule has 0 aliphatic carbocycles. The summed E-state index contributed by atoms with van der Waals surface area (Å²) in [6, 6.07) is 0.632. The van der Waals surface area contributed by atoms with Gasteiger partial charge in [0.1, 0.15) is 0 Å². The molecule has 3 heteroatoms. The van der Waals surface area contributed by atoms with Gasteiger partial charge in [-0.2, -0.15) is 0 Å². The highest BCUT2D eigenvalue weighted by Gasteiger charge is 2.30. The summed E-state index contributed by atoms with van der Waals surface area (Å²) in [5.41, 5.74) is 0.363. The Labute approximate surface area is 101 Å². The molecule has 0 aromatic rings. The summed E-state index contributed by atoms with van der Waals surface area (Å²) in [5, 5.41) is 6.90. The lowest BCUT2D eigenvalue weighted by atomic mass is 9.81. The second kappa shape index (κ2) is 6.58. The molecular weight excluding hydrogens is 198 g/mol.